The van der Waals surface area contributed by atoms with Crippen LogP contribution in [0.3, 0.4) is 0 Å². The Morgan fingerprint density at radius 3 is 2.40 bits per heavy atom. The van der Waals surface area contributed by atoms with E-state index in [1.165, 1.54) is 67.9 Å². The molecular weight excluding hydrogens is 582 g/mol. The molecule has 3 aromatic carbocycles. The average Bonchev–Trinajstić information content (AvgIpc) is 3.57. The predicted molar refractivity (Wildman–Crippen MR) is 160 cm³/mol. The summed E-state index contributed by atoms with van der Waals surface area (Å²) < 4.78 is 61.4. The third-order valence-electron chi connectivity index (χ3n) is 6.83. The molecule has 0 saturated heterocycles. The van der Waals surface area contributed by atoms with Gasteiger partial charge < -0.3 is 9.73 Å². The molecule has 0 atom stereocenters. The zero-order chi connectivity index (χ0) is 29.8. The molecule has 3 heterocycles. The number of benzene rings is 3. The number of pyridine rings is 1. The van der Waals surface area contributed by atoms with Gasteiger partial charge in [0.05, 0.1) is 17.5 Å². The third kappa shape index (κ3) is 4.88. The Morgan fingerprint density at radius 2 is 1.71 bits per heavy atom. The fourth-order valence-electron chi connectivity index (χ4n) is 4.72. The van der Waals surface area contributed by atoms with E-state index >= 15 is 4.39 Å². The maximum atomic E-state index is 15.2. The Bertz CT molecular complexity index is 2090. The van der Waals surface area contributed by atoms with E-state index in [4.69, 9.17) is 4.42 Å². The monoisotopic (exact) mass is 604 g/mol. The number of sulfonamides is 1. The number of thiazole rings is 1. The van der Waals surface area contributed by atoms with Gasteiger partial charge in [0.25, 0.3) is 5.91 Å². The first-order valence-electron chi connectivity index (χ1n) is 12.6. The summed E-state index contributed by atoms with van der Waals surface area (Å²) in [6.45, 7) is 0. The lowest BCUT2D eigenvalue weighted by Gasteiger charge is -2.21. The molecule has 42 heavy (non-hydrogen) atoms. The highest BCUT2D eigenvalue weighted by atomic mass is 32.2. The van der Waals surface area contributed by atoms with E-state index in [0.717, 1.165) is 10.6 Å². The van der Waals surface area contributed by atoms with Gasteiger partial charge >= 0.3 is 0 Å². The number of hydrogen-bond donors (Lipinski definition) is 1. The summed E-state index contributed by atoms with van der Waals surface area (Å²) in [6, 6.07) is 16.5. The van der Waals surface area contributed by atoms with E-state index in [-0.39, 0.29) is 22.6 Å². The van der Waals surface area contributed by atoms with Gasteiger partial charge in [0.15, 0.2) is 0 Å². The summed E-state index contributed by atoms with van der Waals surface area (Å²) in [5, 5.41) is 3.51. The Kier molecular flexibility index (Phi) is 6.74. The second-order valence-corrected chi connectivity index (χ2v) is 12.6. The summed E-state index contributed by atoms with van der Waals surface area (Å²) in [5.41, 5.74) is 2.89. The van der Waals surface area contributed by atoms with Crippen LogP contribution >= 0.6 is 11.3 Å². The van der Waals surface area contributed by atoms with Crippen LogP contribution in [0.1, 0.15) is 10.4 Å². The largest absolute Gasteiger partial charge is 0.455 e. The summed E-state index contributed by atoms with van der Waals surface area (Å²) in [4.78, 5) is 22.7. The number of aromatic nitrogens is 2. The topological polar surface area (TPSA) is 105 Å². The molecule has 8 nitrogen and oxygen atoms in total. The minimum absolute atomic E-state index is 0.169. The highest BCUT2D eigenvalue weighted by Gasteiger charge is 2.26. The minimum Gasteiger partial charge on any atom is -0.455 e. The van der Waals surface area contributed by atoms with Gasteiger partial charge in [-0.25, -0.2) is 27.2 Å². The molecule has 0 aliphatic heterocycles. The van der Waals surface area contributed by atoms with Crippen LogP contribution in [0.5, 0.6) is 0 Å². The molecule has 6 aromatic rings. The van der Waals surface area contributed by atoms with Crippen molar-refractivity contribution in [1.29, 1.82) is 0 Å². The van der Waals surface area contributed by atoms with Crippen molar-refractivity contribution >= 4 is 54.3 Å². The quantitative estimate of drug-likeness (QED) is 0.234. The summed E-state index contributed by atoms with van der Waals surface area (Å²) in [7, 11) is -0.923. The molecule has 12 heteroatoms. The zero-order valence-electron chi connectivity index (χ0n) is 22.5. The van der Waals surface area contributed by atoms with E-state index in [2.05, 4.69) is 15.3 Å². The van der Waals surface area contributed by atoms with E-state index in [9.17, 15) is 17.6 Å². The number of furan rings is 1. The highest BCUT2D eigenvalue weighted by molar-refractivity contribution is 7.92. The smallest absolute Gasteiger partial charge is 0.255 e. The molecule has 0 radical (unpaired) electrons. The Hall–Kier alpha value is -4.68. The van der Waals surface area contributed by atoms with Crippen LogP contribution in [0.25, 0.3) is 54.3 Å². The van der Waals surface area contributed by atoms with Gasteiger partial charge in [-0.3, -0.25) is 9.10 Å². The molecule has 0 aliphatic carbocycles. The Morgan fingerprint density at radius 1 is 0.976 bits per heavy atom. The number of rotatable bonds is 6. The molecule has 6 rings (SSSR count). The number of carbonyl (C=O) groups is 1. The molecule has 3 aromatic heterocycles. The molecule has 1 N–H and O–H groups in total. The van der Waals surface area contributed by atoms with Gasteiger partial charge in [-0.2, -0.15) is 0 Å². The maximum absolute atomic E-state index is 15.2. The van der Waals surface area contributed by atoms with Gasteiger partial charge in [0.2, 0.25) is 10.0 Å². The summed E-state index contributed by atoms with van der Waals surface area (Å²) in [5.74, 6) is -1.31. The number of carbonyl (C=O) groups excluding carboxylic acids is 1. The number of anilines is 1. The first kappa shape index (κ1) is 27.5. The van der Waals surface area contributed by atoms with Crippen LogP contribution in [0.15, 0.2) is 77.3 Å². The van der Waals surface area contributed by atoms with E-state index in [0.29, 0.717) is 43.0 Å². The molecule has 0 unspecified atom stereocenters. The molecule has 1 amide bonds. The third-order valence-corrected chi connectivity index (χ3v) is 9.05. The van der Waals surface area contributed by atoms with E-state index < -0.39 is 27.6 Å². The standard InChI is InChI=1S/C30H22F2N4O4S2/c1-33-28(37)26-22-14-21(17-11-18(13-20(32)12-17)29-35-23-5-4-10-34-30(23)41-29)24(36(2)42(3,38)39)15-25(22)40-27(26)16-6-8-19(31)9-7-16/h4-15H,1-3H3,(H,33,37). The van der Waals surface area contributed by atoms with Crippen molar-refractivity contribution in [3.05, 3.63) is 90.1 Å². The van der Waals surface area contributed by atoms with Gasteiger partial charge in [0, 0.05) is 48.4 Å². The number of nitrogens with one attached hydrogen (secondary N) is 1. The van der Waals surface area contributed by atoms with E-state index in [1.807, 2.05) is 6.07 Å². The lowest BCUT2D eigenvalue weighted by atomic mass is 9.97. The molecular formula is C30H22F2N4O4S2. The molecule has 0 spiro atoms. The van der Waals surface area contributed by atoms with Gasteiger partial charge in [-0.15, -0.1) is 0 Å². The van der Waals surface area contributed by atoms with Crippen molar-refractivity contribution < 1.29 is 26.4 Å². The fraction of sp³-hybridized carbons (Fsp3) is 0.100. The first-order chi connectivity index (χ1) is 20.0. The van der Waals surface area contributed by atoms with Crippen LogP contribution in [0.2, 0.25) is 0 Å². The number of halogens is 2. The normalized spacial score (nSPS) is 11.7. The fourth-order valence-corrected chi connectivity index (χ4v) is 6.12. The second-order valence-electron chi connectivity index (χ2n) is 9.56. The number of amides is 1. The average molecular weight is 605 g/mol. The van der Waals surface area contributed by atoms with Crippen LogP contribution < -0.4 is 9.62 Å². The second kappa shape index (κ2) is 10.3. The van der Waals surface area contributed by atoms with Crippen LogP contribution in [-0.2, 0) is 10.0 Å². The lowest BCUT2D eigenvalue weighted by Crippen LogP contribution is -2.25. The van der Waals surface area contributed by atoms with Crippen molar-refractivity contribution in [2.75, 3.05) is 24.7 Å². The SMILES string of the molecule is CNC(=O)c1c(-c2ccc(F)cc2)oc2cc(N(C)S(C)(=O)=O)c(-c3cc(F)cc(-c4nc5cccnc5s4)c3)cc12. The van der Waals surface area contributed by atoms with Crippen LogP contribution in [0.4, 0.5) is 14.5 Å². The molecule has 0 saturated carbocycles. The highest BCUT2D eigenvalue weighted by Crippen LogP contribution is 2.42. The van der Waals surface area contributed by atoms with Crippen molar-refractivity contribution in [3.63, 3.8) is 0 Å². The van der Waals surface area contributed by atoms with Crippen LogP contribution in [0, 0.1) is 11.6 Å². The molecule has 212 valence electrons. The van der Waals surface area contributed by atoms with Crippen LogP contribution in [-0.4, -0.2) is 44.6 Å². The maximum Gasteiger partial charge on any atom is 0.255 e. The van der Waals surface area contributed by atoms with Crippen molar-refractivity contribution in [2.45, 2.75) is 0 Å². The lowest BCUT2D eigenvalue weighted by molar-refractivity contribution is 0.0964. The summed E-state index contributed by atoms with van der Waals surface area (Å²) in [6.07, 6.45) is 2.70. The molecule has 0 bridgehead atoms. The van der Waals surface area contributed by atoms with Gasteiger partial charge in [-0.05, 0) is 66.2 Å². The Balaban J connectivity index is 1.63. The number of nitrogens with zero attached hydrogens (tertiary/aromatic N) is 3. The van der Waals surface area contributed by atoms with Gasteiger partial charge in [0.1, 0.15) is 38.3 Å². The number of fused-ring (bicyclic) bond motifs is 2. The molecule has 0 aliphatic rings. The zero-order valence-corrected chi connectivity index (χ0v) is 24.1. The van der Waals surface area contributed by atoms with Crippen molar-refractivity contribution in [3.8, 4) is 33.0 Å². The minimum atomic E-state index is -3.77. The summed E-state index contributed by atoms with van der Waals surface area (Å²) >= 11 is 1.30. The number of hydrogen-bond acceptors (Lipinski definition) is 7. The van der Waals surface area contributed by atoms with Crippen molar-refractivity contribution in [2.24, 2.45) is 0 Å². The van der Waals surface area contributed by atoms with E-state index in [1.54, 1.807) is 24.4 Å². The first-order valence-corrected chi connectivity index (χ1v) is 15.3. The van der Waals surface area contributed by atoms with Crippen molar-refractivity contribution in [1.82, 2.24) is 15.3 Å². The Labute approximate surface area is 243 Å². The van der Waals surface area contributed by atoms with Gasteiger partial charge in [-0.1, -0.05) is 11.3 Å². The predicted octanol–water partition coefficient (Wildman–Crippen LogP) is 6.47. The molecule has 0 fully saturated rings.